The van der Waals surface area contributed by atoms with Crippen LogP contribution in [0.15, 0.2) is 47.8 Å². The van der Waals surface area contributed by atoms with Crippen molar-refractivity contribution in [3.05, 3.63) is 81.7 Å². The van der Waals surface area contributed by atoms with E-state index in [4.69, 9.17) is 10.5 Å². The second kappa shape index (κ2) is 12.8. The Labute approximate surface area is 259 Å². The highest BCUT2D eigenvalue weighted by atomic mass is 32.2. The summed E-state index contributed by atoms with van der Waals surface area (Å²) in [5.41, 5.74) is 1.51. The SMILES string of the molecule is CCOC(=O)N1c2ccc(C(F)(F)F)cc2C(c2nc(S(C)=O)ncc2Cc2cc(C(F)(F)F)cc(C(F)(F)F)c2)C(N)C1CC. The van der Waals surface area contributed by atoms with Crippen LogP contribution in [0, 0.1) is 0 Å². The molecule has 0 saturated heterocycles. The molecule has 2 N–H and O–H groups in total. The Kier molecular flexibility index (Phi) is 9.79. The van der Waals surface area contributed by atoms with Crippen LogP contribution in [0.1, 0.15) is 65.3 Å². The number of rotatable bonds is 6. The second-order valence-electron chi connectivity index (χ2n) is 10.5. The molecule has 7 nitrogen and oxygen atoms in total. The van der Waals surface area contributed by atoms with Crippen LogP contribution < -0.4 is 10.6 Å². The first-order valence-electron chi connectivity index (χ1n) is 13.7. The summed E-state index contributed by atoms with van der Waals surface area (Å²) in [6, 6.07) is 1.42. The van der Waals surface area contributed by atoms with Gasteiger partial charge in [0.15, 0.2) is 0 Å². The van der Waals surface area contributed by atoms with Gasteiger partial charge in [0, 0.05) is 30.8 Å². The fraction of sp³-hybridized carbons (Fsp3) is 0.414. The third-order valence-corrected chi connectivity index (χ3v) is 8.17. The van der Waals surface area contributed by atoms with Crippen LogP contribution in [0.3, 0.4) is 0 Å². The molecule has 17 heteroatoms. The molecule has 250 valence electrons. The van der Waals surface area contributed by atoms with Crippen LogP contribution in [-0.4, -0.2) is 45.2 Å². The van der Waals surface area contributed by atoms with Gasteiger partial charge in [0.1, 0.15) is 0 Å². The highest BCUT2D eigenvalue weighted by Crippen LogP contribution is 2.46. The number of alkyl halides is 9. The summed E-state index contributed by atoms with van der Waals surface area (Å²) in [6.07, 6.45) is -14.2. The molecule has 1 aliphatic rings. The standard InChI is InChI=1S/C29H27F9N4O3S/c1-4-20-23(39)22(19-12-16(27(30,31)32)6-7-21(19)42(20)26(43)45-5-2)24-15(13-40-25(41-24)46(3)44)8-14-9-17(28(33,34)35)11-18(10-14)29(36,37)38/h6-7,9-13,20,22-23H,4-5,8,39H2,1-3H3. The summed E-state index contributed by atoms with van der Waals surface area (Å²) in [5, 5.41) is -0.305. The molecule has 2 aromatic carbocycles. The van der Waals surface area contributed by atoms with E-state index in [9.17, 15) is 48.5 Å². The van der Waals surface area contributed by atoms with E-state index >= 15 is 0 Å². The lowest BCUT2D eigenvalue weighted by Gasteiger charge is -2.44. The van der Waals surface area contributed by atoms with Crippen molar-refractivity contribution in [2.24, 2.45) is 5.73 Å². The number of nitrogens with two attached hydrogens (primary N) is 1. The minimum Gasteiger partial charge on any atom is -0.449 e. The summed E-state index contributed by atoms with van der Waals surface area (Å²) in [4.78, 5) is 22.4. The fourth-order valence-electron chi connectivity index (χ4n) is 5.48. The lowest BCUT2D eigenvalue weighted by Crippen LogP contribution is -2.57. The number of halogens is 9. The molecule has 4 atom stereocenters. The van der Waals surface area contributed by atoms with E-state index in [1.807, 2.05) is 0 Å². The van der Waals surface area contributed by atoms with Crippen molar-refractivity contribution in [2.45, 2.75) is 68.4 Å². The van der Waals surface area contributed by atoms with Crippen molar-refractivity contribution in [1.82, 2.24) is 9.97 Å². The lowest BCUT2D eigenvalue weighted by molar-refractivity contribution is -0.143. The molecule has 46 heavy (non-hydrogen) atoms. The van der Waals surface area contributed by atoms with Gasteiger partial charge in [-0.15, -0.1) is 0 Å². The van der Waals surface area contributed by atoms with Gasteiger partial charge in [-0.05, 0) is 66.4 Å². The number of fused-ring (bicyclic) bond motifs is 1. The van der Waals surface area contributed by atoms with E-state index in [1.54, 1.807) is 6.92 Å². The molecule has 0 saturated carbocycles. The normalized spacial score (nSPS) is 19.5. The van der Waals surface area contributed by atoms with Crippen molar-refractivity contribution in [1.29, 1.82) is 0 Å². The Morgan fingerprint density at radius 2 is 1.52 bits per heavy atom. The fourth-order valence-corrected chi connectivity index (χ4v) is 5.91. The molecule has 1 amide bonds. The third-order valence-electron chi connectivity index (χ3n) is 7.46. The molecule has 0 spiro atoms. The Hall–Kier alpha value is -3.73. The molecule has 0 aliphatic carbocycles. The summed E-state index contributed by atoms with van der Waals surface area (Å²) in [6.45, 7) is 3.10. The van der Waals surface area contributed by atoms with Gasteiger partial charge < -0.3 is 10.5 Å². The van der Waals surface area contributed by atoms with Crippen molar-refractivity contribution >= 4 is 22.6 Å². The van der Waals surface area contributed by atoms with Crippen molar-refractivity contribution < 1.29 is 53.3 Å². The Balaban J connectivity index is 2.01. The van der Waals surface area contributed by atoms with Gasteiger partial charge in [-0.25, -0.2) is 14.8 Å². The maximum absolute atomic E-state index is 13.9. The van der Waals surface area contributed by atoms with Crippen LogP contribution in [-0.2, 0) is 40.5 Å². The van der Waals surface area contributed by atoms with Crippen LogP contribution in [0.2, 0.25) is 0 Å². The first-order chi connectivity index (χ1) is 21.3. The van der Waals surface area contributed by atoms with Crippen molar-refractivity contribution in [3.8, 4) is 0 Å². The molecule has 2 heterocycles. The average molecular weight is 683 g/mol. The van der Waals surface area contributed by atoms with Gasteiger partial charge in [-0.3, -0.25) is 9.11 Å². The van der Waals surface area contributed by atoms with Gasteiger partial charge in [0.25, 0.3) is 0 Å². The number of hydrogen-bond donors (Lipinski definition) is 1. The Morgan fingerprint density at radius 1 is 0.935 bits per heavy atom. The number of ether oxygens (including phenoxy) is 1. The van der Waals surface area contributed by atoms with Gasteiger partial charge in [0.05, 0.1) is 51.5 Å². The van der Waals surface area contributed by atoms with E-state index in [2.05, 4.69) is 9.97 Å². The topological polar surface area (TPSA) is 98.4 Å². The first-order valence-corrected chi connectivity index (χ1v) is 15.2. The van der Waals surface area contributed by atoms with E-state index in [0.29, 0.717) is 12.1 Å². The van der Waals surface area contributed by atoms with Crippen molar-refractivity contribution in [3.63, 3.8) is 0 Å². The number of carbonyl (C=O) groups excluding carboxylic acids is 1. The number of benzene rings is 2. The Morgan fingerprint density at radius 3 is 2.02 bits per heavy atom. The minimum atomic E-state index is -5.14. The monoisotopic (exact) mass is 682 g/mol. The predicted octanol–water partition coefficient (Wildman–Crippen LogP) is 7.08. The van der Waals surface area contributed by atoms with Gasteiger partial charge in [-0.1, -0.05) is 6.92 Å². The summed E-state index contributed by atoms with van der Waals surface area (Å²) in [5.74, 6) is -1.30. The summed E-state index contributed by atoms with van der Waals surface area (Å²) >= 11 is 0. The van der Waals surface area contributed by atoms with Gasteiger partial charge in [0.2, 0.25) is 5.16 Å². The highest BCUT2D eigenvalue weighted by molar-refractivity contribution is 7.84. The van der Waals surface area contributed by atoms with Gasteiger partial charge >= 0.3 is 24.6 Å². The summed E-state index contributed by atoms with van der Waals surface area (Å²) in [7, 11) is -1.87. The largest absolute Gasteiger partial charge is 0.449 e. The zero-order valence-corrected chi connectivity index (χ0v) is 25.2. The van der Waals surface area contributed by atoms with Crippen LogP contribution in [0.4, 0.5) is 50.0 Å². The first kappa shape index (κ1) is 35.1. The molecule has 1 aromatic heterocycles. The van der Waals surface area contributed by atoms with Crippen LogP contribution >= 0.6 is 0 Å². The Bertz CT molecular complexity index is 1610. The quantitative estimate of drug-likeness (QED) is 0.221. The van der Waals surface area contributed by atoms with E-state index < -0.39 is 82.1 Å². The molecule has 4 rings (SSSR count). The second-order valence-corrected chi connectivity index (χ2v) is 11.8. The number of hydrogen-bond acceptors (Lipinski definition) is 6. The average Bonchev–Trinajstić information content (AvgIpc) is 2.95. The molecule has 0 bridgehead atoms. The van der Waals surface area contributed by atoms with E-state index in [0.717, 1.165) is 29.3 Å². The van der Waals surface area contributed by atoms with E-state index in [-0.39, 0.29) is 46.8 Å². The molecule has 0 fully saturated rings. The maximum Gasteiger partial charge on any atom is 0.416 e. The molecule has 4 unspecified atom stereocenters. The van der Waals surface area contributed by atoms with E-state index in [1.165, 1.54) is 13.2 Å². The number of anilines is 1. The molecule has 0 radical (unpaired) electrons. The third kappa shape index (κ3) is 7.14. The van der Waals surface area contributed by atoms with Gasteiger partial charge in [-0.2, -0.15) is 39.5 Å². The number of amides is 1. The van der Waals surface area contributed by atoms with Crippen molar-refractivity contribution in [2.75, 3.05) is 17.8 Å². The van der Waals surface area contributed by atoms with Crippen LogP contribution in [0.25, 0.3) is 0 Å². The minimum absolute atomic E-state index is 0.0211. The molecular weight excluding hydrogens is 655 g/mol. The summed E-state index contributed by atoms with van der Waals surface area (Å²) < 4.78 is 141. The zero-order valence-electron chi connectivity index (χ0n) is 24.3. The molecule has 3 aromatic rings. The van der Waals surface area contributed by atoms with Crippen LogP contribution in [0.5, 0.6) is 0 Å². The smallest absolute Gasteiger partial charge is 0.416 e. The maximum atomic E-state index is 13.9. The highest BCUT2D eigenvalue weighted by Gasteiger charge is 2.45. The molecule has 1 aliphatic heterocycles. The zero-order chi connectivity index (χ0) is 34.4. The number of aromatic nitrogens is 2. The lowest BCUT2D eigenvalue weighted by atomic mass is 9.76. The number of carbonyl (C=O) groups is 1. The molecular formula is C29H27F9N4O3S. The number of nitrogens with zero attached hydrogens (tertiary/aromatic N) is 3. The predicted molar refractivity (Wildman–Crippen MR) is 148 cm³/mol.